The molecular formula is C24H40O5Zr. The smallest absolute Gasteiger partial charge is 0.339 e. The molecule has 0 aromatic heterocycles. The second-order valence-electron chi connectivity index (χ2n) is 7.35. The summed E-state index contributed by atoms with van der Waals surface area (Å²) in [6.07, 6.45) is 13.6. The molecule has 0 aliphatic carbocycles. The fourth-order valence-corrected chi connectivity index (χ4v) is 3.09. The number of ether oxygens (including phenoxy) is 2. The van der Waals surface area contributed by atoms with Gasteiger partial charge in [0.25, 0.3) is 0 Å². The van der Waals surface area contributed by atoms with E-state index in [1.807, 2.05) is 0 Å². The van der Waals surface area contributed by atoms with Gasteiger partial charge in [-0.25, -0.2) is 9.59 Å². The van der Waals surface area contributed by atoms with Crippen molar-refractivity contribution in [2.45, 2.75) is 90.9 Å². The van der Waals surface area contributed by atoms with E-state index in [9.17, 15) is 9.59 Å². The van der Waals surface area contributed by atoms with Crippen molar-refractivity contribution in [2.75, 3.05) is 13.2 Å². The maximum absolute atomic E-state index is 12.4. The van der Waals surface area contributed by atoms with Crippen LogP contribution in [-0.2, 0) is 35.7 Å². The molecule has 0 saturated heterocycles. The van der Waals surface area contributed by atoms with Crippen molar-refractivity contribution in [3.05, 3.63) is 35.4 Å². The number of benzene rings is 1. The summed E-state index contributed by atoms with van der Waals surface area (Å²) in [6.45, 7) is 5.17. The number of hydrogen-bond donors (Lipinski definition) is 0. The van der Waals surface area contributed by atoms with Gasteiger partial charge in [-0.05, 0) is 25.0 Å². The fraction of sp³-hybridized carbons (Fsp3) is 0.667. The Morgan fingerprint density at radius 1 is 0.633 bits per heavy atom. The van der Waals surface area contributed by atoms with Crippen LogP contribution in [0.1, 0.15) is 112 Å². The molecule has 0 heterocycles. The molecule has 5 nitrogen and oxygen atoms in total. The van der Waals surface area contributed by atoms with Crippen molar-refractivity contribution in [3.8, 4) is 0 Å². The average molecular weight is 500 g/mol. The fourth-order valence-electron chi connectivity index (χ4n) is 3.09. The summed E-state index contributed by atoms with van der Waals surface area (Å²) in [6, 6.07) is 6.74. The van der Waals surface area contributed by atoms with Gasteiger partial charge in [0.1, 0.15) is 0 Å². The van der Waals surface area contributed by atoms with Crippen molar-refractivity contribution < 1.29 is 50.7 Å². The molecule has 2 N–H and O–H groups in total. The van der Waals surface area contributed by atoms with Gasteiger partial charge in [0.15, 0.2) is 0 Å². The maximum atomic E-state index is 12.4. The zero-order chi connectivity index (χ0) is 20.5. The predicted octanol–water partition coefficient (Wildman–Crippen LogP) is 5.89. The Bertz CT molecular complexity index is 513. The molecule has 0 saturated carbocycles. The number of esters is 2. The molecule has 30 heavy (non-hydrogen) atoms. The van der Waals surface area contributed by atoms with Crippen molar-refractivity contribution >= 4 is 11.9 Å². The van der Waals surface area contributed by atoms with Crippen LogP contribution in [0.2, 0.25) is 0 Å². The summed E-state index contributed by atoms with van der Waals surface area (Å²) in [5.41, 5.74) is 0.586. The Hall–Kier alpha value is -0.997. The molecule has 0 atom stereocenters. The van der Waals surface area contributed by atoms with E-state index in [4.69, 9.17) is 9.47 Å². The molecule has 0 unspecified atom stereocenters. The number of unbranched alkanes of at least 4 members (excludes halogenated alkanes) is 10. The Morgan fingerprint density at radius 2 is 0.967 bits per heavy atom. The van der Waals surface area contributed by atoms with Crippen LogP contribution in [0.15, 0.2) is 24.3 Å². The third-order valence-corrected chi connectivity index (χ3v) is 4.83. The minimum Gasteiger partial charge on any atom is -0.462 e. The topological polar surface area (TPSA) is 84.1 Å². The molecule has 0 fully saturated rings. The molecule has 0 amide bonds. The second-order valence-corrected chi connectivity index (χ2v) is 7.35. The zero-order valence-electron chi connectivity index (χ0n) is 18.8. The summed E-state index contributed by atoms with van der Waals surface area (Å²) in [5.74, 6) is -0.888. The second kappa shape index (κ2) is 21.2. The molecule has 0 bridgehead atoms. The monoisotopic (exact) mass is 498 g/mol. The summed E-state index contributed by atoms with van der Waals surface area (Å²) < 4.78 is 10.7. The predicted molar refractivity (Wildman–Crippen MR) is 117 cm³/mol. The van der Waals surface area contributed by atoms with Gasteiger partial charge in [-0.1, -0.05) is 90.2 Å². The van der Waals surface area contributed by atoms with E-state index in [0.29, 0.717) is 24.3 Å². The summed E-state index contributed by atoms with van der Waals surface area (Å²) in [4.78, 5) is 24.7. The van der Waals surface area contributed by atoms with Crippen molar-refractivity contribution in [1.82, 2.24) is 0 Å². The molecule has 6 heteroatoms. The van der Waals surface area contributed by atoms with E-state index in [2.05, 4.69) is 13.8 Å². The Morgan fingerprint density at radius 3 is 1.33 bits per heavy atom. The molecule has 1 aromatic rings. The molecule has 1 aromatic carbocycles. The van der Waals surface area contributed by atoms with E-state index >= 15 is 0 Å². The van der Waals surface area contributed by atoms with Crippen LogP contribution < -0.4 is 0 Å². The average Bonchev–Trinajstić information content (AvgIpc) is 2.72. The summed E-state index contributed by atoms with van der Waals surface area (Å²) in [7, 11) is 0. The molecule has 1 rings (SSSR count). The molecule has 0 spiro atoms. The van der Waals surface area contributed by atoms with Gasteiger partial charge >= 0.3 is 11.9 Å². The van der Waals surface area contributed by atoms with Crippen molar-refractivity contribution in [1.29, 1.82) is 0 Å². The first-order valence-corrected chi connectivity index (χ1v) is 11.1. The Balaban J connectivity index is 0. The first-order chi connectivity index (χ1) is 13.7. The Kier molecular flexibility index (Phi) is 22.1. The van der Waals surface area contributed by atoms with Crippen LogP contribution in [0.3, 0.4) is 0 Å². The van der Waals surface area contributed by atoms with Crippen molar-refractivity contribution in [2.24, 2.45) is 0 Å². The van der Waals surface area contributed by atoms with Crippen LogP contribution in [0.5, 0.6) is 0 Å². The molecular weight excluding hydrogens is 459 g/mol. The van der Waals surface area contributed by atoms with Gasteiger partial charge < -0.3 is 14.9 Å². The third kappa shape index (κ3) is 14.1. The van der Waals surface area contributed by atoms with Crippen LogP contribution in [-0.4, -0.2) is 30.6 Å². The van der Waals surface area contributed by atoms with E-state index in [-0.39, 0.29) is 31.7 Å². The number of carbonyl (C=O) groups excluding carboxylic acids is 2. The van der Waals surface area contributed by atoms with E-state index in [1.165, 1.54) is 51.4 Å². The van der Waals surface area contributed by atoms with Gasteiger partial charge in [-0.2, -0.15) is 0 Å². The number of rotatable bonds is 16. The summed E-state index contributed by atoms with van der Waals surface area (Å²) >= 11 is 0. The van der Waals surface area contributed by atoms with Crippen LogP contribution >= 0.6 is 0 Å². The largest absolute Gasteiger partial charge is 0.462 e. The van der Waals surface area contributed by atoms with Crippen LogP contribution in [0, 0.1) is 0 Å². The third-order valence-electron chi connectivity index (χ3n) is 4.83. The molecule has 0 aliphatic heterocycles. The first kappa shape index (κ1) is 31.2. The normalized spacial score (nSPS) is 9.93. The van der Waals surface area contributed by atoms with Gasteiger partial charge in [0.2, 0.25) is 0 Å². The zero-order valence-corrected chi connectivity index (χ0v) is 21.3. The standard InChI is InChI=1S/C24H38O4.H2O.Zr/c1-3-5-7-9-11-15-19-27-23(25)21-17-13-14-18-22(21)24(26)28-20-16-12-10-8-6-4-2;;/h13-14,17-18H,3-12,15-16,19-20H2,1-2H3;1H2;. The molecule has 0 aliphatic rings. The number of hydrogen-bond acceptors (Lipinski definition) is 4. The minimum atomic E-state index is -0.444. The van der Waals surface area contributed by atoms with E-state index < -0.39 is 11.9 Å². The number of carbonyl (C=O) groups is 2. The summed E-state index contributed by atoms with van der Waals surface area (Å²) in [5, 5.41) is 0. The van der Waals surface area contributed by atoms with Crippen molar-refractivity contribution in [3.63, 3.8) is 0 Å². The van der Waals surface area contributed by atoms with E-state index in [0.717, 1.165) is 25.7 Å². The Labute approximate surface area is 201 Å². The quantitative estimate of drug-likeness (QED) is 0.209. The van der Waals surface area contributed by atoms with Crippen LogP contribution in [0.4, 0.5) is 0 Å². The van der Waals surface area contributed by atoms with E-state index in [1.54, 1.807) is 24.3 Å². The van der Waals surface area contributed by atoms with Crippen LogP contribution in [0.25, 0.3) is 0 Å². The van der Waals surface area contributed by atoms with Gasteiger partial charge in [-0.3, -0.25) is 0 Å². The van der Waals surface area contributed by atoms with Gasteiger partial charge in [-0.15, -0.1) is 0 Å². The maximum Gasteiger partial charge on any atom is 0.339 e. The van der Waals surface area contributed by atoms with Gasteiger partial charge in [0, 0.05) is 26.2 Å². The minimum absolute atomic E-state index is 0. The first-order valence-electron chi connectivity index (χ1n) is 11.1. The SMILES string of the molecule is CCCCCCCCOC(=O)c1ccccc1C(=O)OCCCCCCCC.O.[Zr]. The van der Waals surface area contributed by atoms with Gasteiger partial charge in [0.05, 0.1) is 24.3 Å². The molecule has 170 valence electrons. The molecule has 0 radical (unpaired) electrons.